The highest BCUT2D eigenvalue weighted by molar-refractivity contribution is 5.70. The molecule has 3 heteroatoms. The van der Waals surface area contributed by atoms with Crippen LogP contribution in [0, 0.1) is 0 Å². The molecule has 0 saturated heterocycles. The smallest absolute Gasteiger partial charge is 0.168 e. The van der Waals surface area contributed by atoms with Crippen molar-refractivity contribution in [3.05, 3.63) is 41.2 Å². The van der Waals surface area contributed by atoms with Crippen LogP contribution in [0.5, 0.6) is 0 Å². The number of aliphatic hydroxyl groups excluding tert-OH is 3. The molecule has 2 rings (SSSR count). The minimum Gasteiger partial charge on any atom is -0.506 e. The van der Waals surface area contributed by atoms with Gasteiger partial charge in [-0.15, -0.1) is 0 Å². The van der Waals surface area contributed by atoms with E-state index in [1.54, 1.807) is 24.3 Å². The van der Waals surface area contributed by atoms with Crippen LogP contribution in [-0.4, -0.2) is 15.3 Å². The van der Waals surface area contributed by atoms with Crippen molar-refractivity contribution in [2.24, 2.45) is 0 Å². The van der Waals surface area contributed by atoms with Crippen LogP contribution < -0.4 is 0 Å². The Hall–Kier alpha value is -1.48. The van der Waals surface area contributed by atoms with Crippen molar-refractivity contribution >= 4 is 5.76 Å². The lowest BCUT2D eigenvalue weighted by molar-refractivity contribution is 0.158. The molecule has 3 nitrogen and oxygen atoms in total. The SMILES string of the molecule is OC1=C(O)C(O)c2ccccc21. The highest BCUT2D eigenvalue weighted by Crippen LogP contribution is 2.36. The molecule has 0 fully saturated rings. The Morgan fingerprint density at radius 2 is 1.75 bits per heavy atom. The summed E-state index contributed by atoms with van der Waals surface area (Å²) in [5, 5.41) is 27.8. The summed E-state index contributed by atoms with van der Waals surface area (Å²) in [5.41, 5.74) is 1.05. The molecule has 0 saturated carbocycles. The van der Waals surface area contributed by atoms with Crippen molar-refractivity contribution in [3.63, 3.8) is 0 Å². The Bertz CT molecular complexity index is 355. The van der Waals surface area contributed by atoms with Crippen molar-refractivity contribution in [1.29, 1.82) is 0 Å². The van der Waals surface area contributed by atoms with Gasteiger partial charge in [0.05, 0.1) is 0 Å². The Kier molecular flexibility index (Phi) is 1.35. The molecule has 12 heavy (non-hydrogen) atoms. The van der Waals surface area contributed by atoms with Crippen molar-refractivity contribution < 1.29 is 15.3 Å². The third-order valence-electron chi connectivity index (χ3n) is 2.01. The Morgan fingerprint density at radius 3 is 2.42 bits per heavy atom. The molecular weight excluding hydrogens is 156 g/mol. The van der Waals surface area contributed by atoms with Crippen LogP contribution in [-0.2, 0) is 0 Å². The third kappa shape index (κ3) is 0.740. The fraction of sp³-hybridized carbons (Fsp3) is 0.111. The third-order valence-corrected chi connectivity index (χ3v) is 2.01. The van der Waals surface area contributed by atoms with Gasteiger partial charge in [0.25, 0.3) is 0 Å². The summed E-state index contributed by atoms with van der Waals surface area (Å²) in [6, 6.07) is 6.80. The Labute approximate surface area is 69.2 Å². The van der Waals surface area contributed by atoms with Crippen LogP contribution in [0.2, 0.25) is 0 Å². The topological polar surface area (TPSA) is 60.7 Å². The molecule has 1 unspecified atom stereocenters. The number of aliphatic hydroxyl groups is 3. The van der Waals surface area contributed by atoms with Crippen LogP contribution in [0.1, 0.15) is 17.2 Å². The zero-order chi connectivity index (χ0) is 8.72. The van der Waals surface area contributed by atoms with Gasteiger partial charge in [-0.1, -0.05) is 24.3 Å². The van der Waals surface area contributed by atoms with Crippen molar-refractivity contribution in [1.82, 2.24) is 0 Å². The van der Waals surface area contributed by atoms with E-state index >= 15 is 0 Å². The van der Waals surface area contributed by atoms with E-state index in [0.717, 1.165) is 0 Å². The van der Waals surface area contributed by atoms with Gasteiger partial charge in [-0.25, -0.2) is 0 Å². The second kappa shape index (κ2) is 2.25. The highest BCUT2D eigenvalue weighted by Gasteiger charge is 2.28. The predicted octanol–water partition coefficient (Wildman–Crippen LogP) is 1.52. The lowest BCUT2D eigenvalue weighted by atomic mass is 10.1. The van der Waals surface area contributed by atoms with Crippen molar-refractivity contribution in [2.45, 2.75) is 6.10 Å². The second-order valence-corrected chi connectivity index (χ2v) is 2.72. The van der Waals surface area contributed by atoms with E-state index in [1.807, 2.05) is 0 Å². The summed E-state index contributed by atoms with van der Waals surface area (Å²) in [7, 11) is 0. The standard InChI is InChI=1S/C9H8O3/c10-7-5-3-1-2-4-6(5)8(11)9(7)12/h1-4,7,10-12H. The fourth-order valence-corrected chi connectivity index (χ4v) is 1.37. The van der Waals surface area contributed by atoms with Gasteiger partial charge >= 0.3 is 0 Å². The van der Waals surface area contributed by atoms with E-state index in [-0.39, 0.29) is 11.5 Å². The Morgan fingerprint density at radius 1 is 1.08 bits per heavy atom. The van der Waals surface area contributed by atoms with Crippen LogP contribution in [0.4, 0.5) is 0 Å². The summed E-state index contributed by atoms with van der Waals surface area (Å²) in [6.07, 6.45) is -1.07. The minimum atomic E-state index is -1.07. The van der Waals surface area contributed by atoms with Gasteiger partial charge in [0.15, 0.2) is 11.5 Å². The molecule has 62 valence electrons. The first-order valence-electron chi connectivity index (χ1n) is 3.61. The lowest BCUT2D eigenvalue weighted by Crippen LogP contribution is -1.95. The molecule has 1 aromatic rings. The molecule has 1 aromatic carbocycles. The molecule has 1 atom stereocenters. The maximum Gasteiger partial charge on any atom is 0.168 e. The van der Waals surface area contributed by atoms with E-state index < -0.39 is 6.10 Å². The molecule has 0 amide bonds. The monoisotopic (exact) mass is 164 g/mol. The first kappa shape index (κ1) is 7.18. The van der Waals surface area contributed by atoms with E-state index in [1.165, 1.54) is 0 Å². The van der Waals surface area contributed by atoms with Crippen LogP contribution >= 0.6 is 0 Å². The fourth-order valence-electron chi connectivity index (χ4n) is 1.37. The van der Waals surface area contributed by atoms with Gasteiger partial charge in [0.2, 0.25) is 0 Å². The van der Waals surface area contributed by atoms with E-state index in [2.05, 4.69) is 0 Å². The highest BCUT2D eigenvalue weighted by atomic mass is 16.3. The summed E-state index contributed by atoms with van der Waals surface area (Å²) in [6.45, 7) is 0. The molecule has 0 aliphatic heterocycles. The second-order valence-electron chi connectivity index (χ2n) is 2.72. The first-order valence-corrected chi connectivity index (χ1v) is 3.61. The number of hydrogen-bond donors (Lipinski definition) is 3. The van der Waals surface area contributed by atoms with E-state index in [9.17, 15) is 10.2 Å². The van der Waals surface area contributed by atoms with Gasteiger partial charge in [0.1, 0.15) is 6.10 Å². The average Bonchev–Trinajstić information content (AvgIpc) is 2.33. The molecule has 0 heterocycles. The van der Waals surface area contributed by atoms with E-state index in [0.29, 0.717) is 11.1 Å². The Balaban J connectivity index is 2.65. The van der Waals surface area contributed by atoms with Crippen molar-refractivity contribution in [3.8, 4) is 0 Å². The molecule has 3 N–H and O–H groups in total. The normalized spacial score (nSPS) is 21.2. The molecule has 1 aliphatic rings. The number of rotatable bonds is 0. The van der Waals surface area contributed by atoms with Gasteiger partial charge in [0, 0.05) is 5.56 Å². The van der Waals surface area contributed by atoms with Crippen molar-refractivity contribution in [2.75, 3.05) is 0 Å². The average molecular weight is 164 g/mol. The van der Waals surface area contributed by atoms with Crippen LogP contribution in [0.3, 0.4) is 0 Å². The maximum absolute atomic E-state index is 9.35. The first-order chi connectivity index (χ1) is 5.72. The number of fused-ring (bicyclic) bond motifs is 1. The van der Waals surface area contributed by atoms with Crippen LogP contribution in [0.25, 0.3) is 5.76 Å². The van der Waals surface area contributed by atoms with Crippen LogP contribution in [0.15, 0.2) is 30.0 Å². The van der Waals surface area contributed by atoms with E-state index in [4.69, 9.17) is 5.11 Å². The quantitative estimate of drug-likeness (QED) is 0.544. The maximum atomic E-state index is 9.35. The molecule has 0 spiro atoms. The minimum absolute atomic E-state index is 0.224. The molecule has 0 bridgehead atoms. The molecule has 0 aromatic heterocycles. The molecular formula is C9H8O3. The lowest BCUT2D eigenvalue weighted by Gasteiger charge is -2.02. The zero-order valence-corrected chi connectivity index (χ0v) is 6.23. The summed E-state index contributed by atoms with van der Waals surface area (Å²) >= 11 is 0. The van der Waals surface area contributed by atoms with Gasteiger partial charge in [-0.3, -0.25) is 0 Å². The molecule has 1 aliphatic carbocycles. The number of hydrogen-bond acceptors (Lipinski definition) is 3. The molecule has 0 radical (unpaired) electrons. The van der Waals surface area contributed by atoms with Gasteiger partial charge < -0.3 is 15.3 Å². The largest absolute Gasteiger partial charge is 0.506 e. The summed E-state index contributed by atoms with van der Waals surface area (Å²) < 4.78 is 0. The predicted molar refractivity (Wildman–Crippen MR) is 43.6 cm³/mol. The number of benzene rings is 1. The zero-order valence-electron chi connectivity index (χ0n) is 6.23. The summed E-state index contributed by atoms with van der Waals surface area (Å²) in [5.74, 6) is -0.589. The summed E-state index contributed by atoms with van der Waals surface area (Å²) in [4.78, 5) is 0. The van der Waals surface area contributed by atoms with Gasteiger partial charge in [-0.05, 0) is 5.56 Å². The van der Waals surface area contributed by atoms with Gasteiger partial charge in [-0.2, -0.15) is 0 Å².